The van der Waals surface area contributed by atoms with Crippen molar-refractivity contribution in [2.45, 2.75) is 45.1 Å². The Labute approximate surface area is 153 Å². The van der Waals surface area contributed by atoms with E-state index in [1.165, 1.54) is 0 Å². The van der Waals surface area contributed by atoms with Gasteiger partial charge in [0.05, 0.1) is 11.9 Å². The van der Waals surface area contributed by atoms with E-state index in [4.69, 9.17) is 4.74 Å². The fourth-order valence-corrected chi connectivity index (χ4v) is 5.97. The van der Waals surface area contributed by atoms with Crippen LogP contribution < -0.4 is 0 Å². The van der Waals surface area contributed by atoms with E-state index in [9.17, 15) is 8.42 Å². The van der Waals surface area contributed by atoms with E-state index >= 15 is 0 Å². The number of hydrogen-bond acceptors (Lipinski definition) is 5. The van der Waals surface area contributed by atoms with Crippen molar-refractivity contribution >= 4 is 10.0 Å². The highest BCUT2D eigenvalue weighted by molar-refractivity contribution is 7.89. The Bertz CT molecular complexity index is 518. The van der Waals surface area contributed by atoms with Crippen molar-refractivity contribution < 1.29 is 13.2 Å². The Morgan fingerprint density at radius 3 is 2.32 bits per heavy atom. The minimum Gasteiger partial charge on any atom is -0.377 e. The van der Waals surface area contributed by atoms with Crippen LogP contribution in [-0.4, -0.2) is 93.8 Å². The topological polar surface area (TPSA) is 53.1 Å². The van der Waals surface area contributed by atoms with Gasteiger partial charge in [-0.25, -0.2) is 12.7 Å². The summed E-state index contributed by atoms with van der Waals surface area (Å²) in [5.41, 5.74) is 0.239. The quantitative estimate of drug-likeness (QED) is 0.726. The van der Waals surface area contributed by atoms with Crippen LogP contribution in [0.1, 0.15) is 39.0 Å². The van der Waals surface area contributed by atoms with Crippen LogP contribution in [0.2, 0.25) is 0 Å². The molecule has 3 aliphatic heterocycles. The molecular formula is C18H35N3O3S. The monoisotopic (exact) mass is 373 g/mol. The zero-order chi connectivity index (χ0) is 17.9. The summed E-state index contributed by atoms with van der Waals surface area (Å²) in [4.78, 5) is 4.93. The summed E-state index contributed by atoms with van der Waals surface area (Å²) in [6.45, 7) is 10.0. The molecule has 1 atom stereocenters. The second-order valence-corrected chi connectivity index (χ2v) is 10.6. The highest BCUT2D eigenvalue weighted by atomic mass is 32.2. The van der Waals surface area contributed by atoms with Crippen molar-refractivity contribution in [1.29, 1.82) is 0 Å². The minimum absolute atomic E-state index is 0.0996. The van der Waals surface area contributed by atoms with E-state index in [0.717, 1.165) is 64.8 Å². The molecule has 3 rings (SSSR count). The molecule has 0 N–H and O–H groups in total. The summed E-state index contributed by atoms with van der Waals surface area (Å²) >= 11 is 0. The Hall–Kier alpha value is -0.210. The van der Waals surface area contributed by atoms with E-state index < -0.39 is 10.0 Å². The summed E-state index contributed by atoms with van der Waals surface area (Å²) in [6, 6.07) is 0. The molecule has 3 fully saturated rings. The predicted octanol–water partition coefficient (Wildman–Crippen LogP) is 1.23. The molecule has 6 nitrogen and oxygen atoms in total. The number of piperidine rings is 1. The van der Waals surface area contributed by atoms with Crippen molar-refractivity contribution in [2.75, 3.05) is 65.2 Å². The molecule has 0 bridgehead atoms. The normalized spacial score (nSPS) is 30.4. The van der Waals surface area contributed by atoms with E-state index in [1.54, 1.807) is 4.31 Å². The summed E-state index contributed by atoms with van der Waals surface area (Å²) in [6.07, 6.45) is 4.86. The number of likely N-dealkylation sites (N-methyl/N-ethyl adjacent to an activating group) is 1. The Kier molecular flexibility index (Phi) is 6.42. The lowest BCUT2D eigenvalue weighted by atomic mass is 9.80. The van der Waals surface area contributed by atoms with Gasteiger partial charge in [0, 0.05) is 52.4 Å². The maximum Gasteiger partial charge on any atom is 0.216 e. The molecule has 0 spiro atoms. The van der Waals surface area contributed by atoms with Gasteiger partial charge in [0.1, 0.15) is 0 Å². The molecule has 0 saturated carbocycles. The lowest BCUT2D eigenvalue weighted by molar-refractivity contribution is 0.0292. The Morgan fingerprint density at radius 1 is 1.04 bits per heavy atom. The molecule has 0 aromatic heterocycles. The number of piperazine rings is 1. The molecule has 3 aliphatic rings. The zero-order valence-corrected chi connectivity index (χ0v) is 16.8. The SMILES string of the molecule is CN1CCN(CC2(C)CCN(S(=O)(=O)C[C@H]3CCCCO3)CC2)CC1. The Morgan fingerprint density at radius 2 is 1.72 bits per heavy atom. The molecule has 0 amide bonds. The second kappa shape index (κ2) is 8.21. The largest absolute Gasteiger partial charge is 0.377 e. The molecule has 0 unspecified atom stereocenters. The molecule has 0 aromatic rings. The van der Waals surface area contributed by atoms with Crippen LogP contribution in [0.25, 0.3) is 0 Å². The van der Waals surface area contributed by atoms with Crippen LogP contribution in [0.4, 0.5) is 0 Å². The number of nitrogens with zero attached hydrogens (tertiary/aromatic N) is 3. The number of ether oxygens (including phenoxy) is 1. The standard InChI is InChI=1S/C18H35N3O3S/c1-18(16-20-12-10-19(2)11-13-20)6-8-21(9-7-18)25(22,23)15-17-5-3-4-14-24-17/h17H,3-16H2,1-2H3/t17-/m1/s1. The van der Waals surface area contributed by atoms with Crippen LogP contribution >= 0.6 is 0 Å². The number of rotatable bonds is 5. The summed E-state index contributed by atoms with van der Waals surface area (Å²) < 4.78 is 32.8. The molecule has 0 aromatic carbocycles. The summed E-state index contributed by atoms with van der Waals surface area (Å²) in [5.74, 6) is 0.169. The average Bonchev–Trinajstić information content (AvgIpc) is 2.58. The fourth-order valence-electron chi connectivity index (χ4n) is 4.29. The smallest absolute Gasteiger partial charge is 0.216 e. The second-order valence-electron chi connectivity index (χ2n) is 8.56. The molecule has 3 heterocycles. The van der Waals surface area contributed by atoms with Gasteiger partial charge < -0.3 is 14.5 Å². The molecule has 7 heteroatoms. The highest BCUT2D eigenvalue weighted by Crippen LogP contribution is 2.33. The van der Waals surface area contributed by atoms with E-state index in [0.29, 0.717) is 19.7 Å². The lowest BCUT2D eigenvalue weighted by Crippen LogP contribution is -2.51. The van der Waals surface area contributed by atoms with Gasteiger partial charge in [0.2, 0.25) is 10.0 Å². The zero-order valence-electron chi connectivity index (χ0n) is 16.0. The third-order valence-corrected chi connectivity index (χ3v) is 8.14. The van der Waals surface area contributed by atoms with Crippen molar-refractivity contribution in [2.24, 2.45) is 5.41 Å². The third-order valence-electron chi connectivity index (χ3n) is 6.19. The molecule has 0 aliphatic carbocycles. The van der Waals surface area contributed by atoms with E-state index in [2.05, 4.69) is 23.8 Å². The molecular weight excluding hydrogens is 338 g/mol. The predicted molar refractivity (Wildman–Crippen MR) is 100 cm³/mol. The van der Waals surface area contributed by atoms with Gasteiger partial charge >= 0.3 is 0 Å². The summed E-state index contributed by atoms with van der Waals surface area (Å²) in [5, 5.41) is 0. The third kappa shape index (κ3) is 5.39. The van der Waals surface area contributed by atoms with Crippen molar-refractivity contribution in [3.8, 4) is 0 Å². The van der Waals surface area contributed by atoms with Gasteiger partial charge in [-0.3, -0.25) is 0 Å². The van der Waals surface area contributed by atoms with Gasteiger partial charge in [-0.1, -0.05) is 6.92 Å². The van der Waals surface area contributed by atoms with Crippen LogP contribution in [0.3, 0.4) is 0 Å². The van der Waals surface area contributed by atoms with Gasteiger partial charge in [-0.15, -0.1) is 0 Å². The van der Waals surface area contributed by atoms with Crippen molar-refractivity contribution in [3.63, 3.8) is 0 Å². The summed E-state index contributed by atoms with van der Waals surface area (Å²) in [7, 11) is -1.01. The lowest BCUT2D eigenvalue weighted by Gasteiger charge is -2.43. The van der Waals surface area contributed by atoms with Crippen LogP contribution in [0, 0.1) is 5.41 Å². The first kappa shape index (κ1) is 19.5. The van der Waals surface area contributed by atoms with Gasteiger partial charge in [0.25, 0.3) is 0 Å². The minimum atomic E-state index is -3.19. The van der Waals surface area contributed by atoms with Gasteiger partial charge in [-0.05, 0) is 44.6 Å². The van der Waals surface area contributed by atoms with Crippen molar-refractivity contribution in [1.82, 2.24) is 14.1 Å². The van der Waals surface area contributed by atoms with Crippen LogP contribution in [0.15, 0.2) is 0 Å². The van der Waals surface area contributed by atoms with E-state index in [1.807, 2.05) is 0 Å². The van der Waals surface area contributed by atoms with Crippen molar-refractivity contribution in [3.05, 3.63) is 0 Å². The fraction of sp³-hybridized carbons (Fsp3) is 1.00. The number of sulfonamides is 1. The van der Waals surface area contributed by atoms with Gasteiger partial charge in [0.15, 0.2) is 0 Å². The van der Waals surface area contributed by atoms with Crippen LogP contribution in [0.5, 0.6) is 0 Å². The highest BCUT2D eigenvalue weighted by Gasteiger charge is 2.37. The first-order chi connectivity index (χ1) is 11.9. The van der Waals surface area contributed by atoms with Gasteiger partial charge in [-0.2, -0.15) is 0 Å². The number of hydrogen-bond donors (Lipinski definition) is 0. The molecule has 0 radical (unpaired) electrons. The van der Waals surface area contributed by atoms with Crippen LogP contribution in [-0.2, 0) is 14.8 Å². The first-order valence-corrected chi connectivity index (χ1v) is 11.5. The molecule has 25 heavy (non-hydrogen) atoms. The Balaban J connectivity index is 1.48. The first-order valence-electron chi connectivity index (χ1n) is 9.87. The maximum atomic E-state index is 12.7. The van der Waals surface area contributed by atoms with E-state index in [-0.39, 0.29) is 17.3 Å². The maximum absolute atomic E-state index is 12.7. The molecule has 146 valence electrons. The molecule has 3 saturated heterocycles. The average molecular weight is 374 g/mol.